The molecule has 0 radical (unpaired) electrons. The van der Waals surface area contributed by atoms with E-state index in [4.69, 9.17) is 14.2 Å². The predicted molar refractivity (Wildman–Crippen MR) is 136 cm³/mol. The number of amides is 1. The van der Waals surface area contributed by atoms with Crippen LogP contribution in [0.25, 0.3) is 0 Å². The van der Waals surface area contributed by atoms with Crippen LogP contribution in [0.3, 0.4) is 0 Å². The van der Waals surface area contributed by atoms with Crippen molar-refractivity contribution in [1.29, 1.82) is 0 Å². The van der Waals surface area contributed by atoms with Crippen molar-refractivity contribution in [1.82, 2.24) is 5.32 Å². The fourth-order valence-corrected chi connectivity index (χ4v) is 4.37. The third kappa shape index (κ3) is 13.6. The average molecular weight is 516 g/mol. The minimum Gasteiger partial charge on any atom is -0.463 e. The summed E-state index contributed by atoms with van der Waals surface area (Å²) in [5.41, 5.74) is 0. The van der Waals surface area contributed by atoms with Crippen LogP contribution < -0.4 is 5.32 Å². The molecule has 1 heterocycles. The van der Waals surface area contributed by atoms with Gasteiger partial charge in [-0.05, 0) is 6.42 Å². The summed E-state index contributed by atoms with van der Waals surface area (Å²) in [7, 11) is 0. The smallest absolute Gasteiger partial charge is 0.306 e. The molecule has 9 nitrogen and oxygen atoms in total. The van der Waals surface area contributed by atoms with Gasteiger partial charge in [0.1, 0.15) is 24.9 Å². The van der Waals surface area contributed by atoms with Gasteiger partial charge >= 0.3 is 11.9 Å². The van der Waals surface area contributed by atoms with Crippen molar-refractivity contribution >= 4 is 17.8 Å². The quantitative estimate of drug-likeness (QED) is 0.174. The Hall–Kier alpha value is -1.71. The van der Waals surface area contributed by atoms with Gasteiger partial charge in [0.15, 0.2) is 12.4 Å². The molecule has 0 aromatic heterocycles. The monoisotopic (exact) mass is 515 g/mol. The molecule has 1 fully saturated rings. The van der Waals surface area contributed by atoms with Crippen molar-refractivity contribution in [2.24, 2.45) is 0 Å². The molecule has 1 amide bonds. The number of rotatable bonds is 19. The van der Waals surface area contributed by atoms with Crippen molar-refractivity contribution in [3.8, 4) is 0 Å². The van der Waals surface area contributed by atoms with E-state index in [0.717, 1.165) is 19.3 Å². The molecule has 36 heavy (non-hydrogen) atoms. The lowest BCUT2D eigenvalue weighted by molar-refractivity contribution is -0.260. The maximum atomic E-state index is 12.5. The number of carbonyl (C=O) groups excluding carboxylic acids is 3. The Bertz CT molecular complexity index is 629. The lowest BCUT2D eigenvalue weighted by Gasteiger charge is -2.42. The van der Waals surface area contributed by atoms with Gasteiger partial charge in [0.2, 0.25) is 5.91 Å². The topological polar surface area (TPSA) is 131 Å². The molecule has 1 unspecified atom stereocenters. The Kier molecular flexibility index (Phi) is 17.4. The van der Waals surface area contributed by atoms with Gasteiger partial charge in [0.05, 0.1) is 0 Å². The van der Waals surface area contributed by atoms with Gasteiger partial charge in [-0.2, -0.15) is 0 Å². The van der Waals surface area contributed by atoms with Crippen LogP contribution in [0, 0.1) is 0 Å². The number of carbonyl (C=O) groups is 3. The van der Waals surface area contributed by atoms with Crippen LogP contribution in [0.2, 0.25) is 0 Å². The Labute approximate surface area is 216 Å². The highest BCUT2D eigenvalue weighted by Gasteiger charge is 2.47. The zero-order chi connectivity index (χ0) is 26.8. The molecule has 0 aliphatic carbocycles. The van der Waals surface area contributed by atoms with E-state index in [2.05, 4.69) is 12.2 Å². The molecule has 3 N–H and O–H groups in total. The Balaban J connectivity index is 2.34. The molecule has 1 aliphatic heterocycles. The van der Waals surface area contributed by atoms with Gasteiger partial charge in [-0.3, -0.25) is 14.4 Å². The van der Waals surface area contributed by atoms with Gasteiger partial charge < -0.3 is 29.7 Å². The molecule has 0 aromatic rings. The van der Waals surface area contributed by atoms with Gasteiger partial charge in [0.25, 0.3) is 0 Å². The number of nitrogens with one attached hydrogen (secondary N) is 1. The zero-order valence-corrected chi connectivity index (χ0v) is 22.5. The van der Waals surface area contributed by atoms with E-state index in [-0.39, 0.29) is 19.4 Å². The van der Waals surface area contributed by atoms with Crippen LogP contribution in [0.4, 0.5) is 0 Å². The molecule has 0 saturated carbocycles. The van der Waals surface area contributed by atoms with E-state index < -0.39 is 48.5 Å². The van der Waals surface area contributed by atoms with Crippen LogP contribution in [0.1, 0.15) is 117 Å². The molecule has 1 rings (SSSR count). The summed E-state index contributed by atoms with van der Waals surface area (Å²) in [6.45, 7) is 4.81. The van der Waals surface area contributed by atoms with Crippen molar-refractivity contribution in [3.63, 3.8) is 0 Å². The highest BCUT2D eigenvalue weighted by Crippen LogP contribution is 2.24. The molecule has 1 saturated heterocycles. The first-order valence-electron chi connectivity index (χ1n) is 13.9. The highest BCUT2D eigenvalue weighted by atomic mass is 16.6. The van der Waals surface area contributed by atoms with E-state index >= 15 is 0 Å². The first kappa shape index (κ1) is 32.3. The first-order valence-corrected chi connectivity index (χ1v) is 13.9. The predicted octanol–water partition coefficient (Wildman–Crippen LogP) is 3.92. The van der Waals surface area contributed by atoms with Gasteiger partial charge in [-0.1, -0.05) is 90.9 Å². The molecule has 1 aliphatic rings. The zero-order valence-electron chi connectivity index (χ0n) is 22.5. The normalized spacial score (nSPS) is 23.8. The summed E-state index contributed by atoms with van der Waals surface area (Å²) in [5, 5.41) is 23.5. The number of ether oxygens (including phenoxy) is 3. The summed E-state index contributed by atoms with van der Waals surface area (Å²) in [5.74, 6) is -1.47. The van der Waals surface area contributed by atoms with E-state index in [9.17, 15) is 24.6 Å². The number of hydrogen-bond acceptors (Lipinski definition) is 8. The number of hydrogen-bond donors (Lipinski definition) is 3. The summed E-state index contributed by atoms with van der Waals surface area (Å²) < 4.78 is 15.8. The third-order valence-corrected chi connectivity index (χ3v) is 6.51. The first-order chi connectivity index (χ1) is 17.3. The SMILES string of the molecule is CCCCCCCCCCCCCCCC(=O)O[C@H]1[C@H](O)[C@@H](COC(=O)CC)OC(O)[C@@H]1NC(C)=O. The van der Waals surface area contributed by atoms with E-state index in [1.165, 1.54) is 64.7 Å². The Morgan fingerprint density at radius 1 is 0.806 bits per heavy atom. The largest absolute Gasteiger partial charge is 0.463 e. The van der Waals surface area contributed by atoms with Crippen LogP contribution in [-0.4, -0.2) is 65.3 Å². The molecule has 0 aromatic carbocycles. The second kappa shape index (κ2) is 19.4. The fourth-order valence-electron chi connectivity index (χ4n) is 4.37. The average Bonchev–Trinajstić information content (AvgIpc) is 2.84. The minimum atomic E-state index is -1.53. The number of aliphatic hydroxyl groups is 2. The lowest BCUT2D eigenvalue weighted by Crippen LogP contribution is -2.65. The minimum absolute atomic E-state index is 0.150. The third-order valence-electron chi connectivity index (χ3n) is 6.51. The summed E-state index contributed by atoms with van der Waals surface area (Å²) in [4.78, 5) is 35.5. The van der Waals surface area contributed by atoms with Crippen molar-refractivity contribution in [2.45, 2.75) is 148 Å². The van der Waals surface area contributed by atoms with Crippen molar-refractivity contribution in [3.05, 3.63) is 0 Å². The second-order valence-electron chi connectivity index (χ2n) is 9.77. The van der Waals surface area contributed by atoms with E-state index in [1.54, 1.807) is 6.92 Å². The van der Waals surface area contributed by atoms with Crippen molar-refractivity contribution in [2.75, 3.05) is 6.61 Å². The van der Waals surface area contributed by atoms with Gasteiger partial charge in [0, 0.05) is 19.8 Å². The van der Waals surface area contributed by atoms with Gasteiger partial charge in [-0.25, -0.2) is 0 Å². The van der Waals surface area contributed by atoms with E-state index in [0.29, 0.717) is 6.42 Å². The van der Waals surface area contributed by atoms with Crippen LogP contribution >= 0.6 is 0 Å². The van der Waals surface area contributed by atoms with Gasteiger partial charge in [-0.15, -0.1) is 0 Å². The Morgan fingerprint density at radius 3 is 1.83 bits per heavy atom. The molecule has 0 bridgehead atoms. The standard InChI is InChI=1S/C27H49NO8/c1-4-6-7-8-9-10-11-12-13-14-15-16-17-18-23(31)36-26-24(28-20(3)29)27(33)35-21(25(26)32)19-34-22(30)5-2/h21,24-27,32-33H,4-19H2,1-3H3,(H,28,29)/t21-,24-,25-,26-,27?/m1/s1. The van der Waals surface area contributed by atoms with E-state index in [1.807, 2.05) is 0 Å². The molecular weight excluding hydrogens is 466 g/mol. The second-order valence-corrected chi connectivity index (χ2v) is 9.77. The molecule has 5 atom stereocenters. The maximum Gasteiger partial charge on any atom is 0.306 e. The highest BCUT2D eigenvalue weighted by molar-refractivity contribution is 5.73. The molecule has 210 valence electrons. The molecule has 9 heteroatoms. The van der Waals surface area contributed by atoms with Crippen LogP contribution in [0.15, 0.2) is 0 Å². The Morgan fingerprint density at radius 2 is 1.33 bits per heavy atom. The number of esters is 2. The lowest BCUT2D eigenvalue weighted by atomic mass is 9.96. The molecule has 0 spiro atoms. The fraction of sp³-hybridized carbons (Fsp3) is 0.889. The van der Waals surface area contributed by atoms with Crippen molar-refractivity contribution < 1.29 is 38.8 Å². The number of aliphatic hydroxyl groups excluding tert-OH is 2. The summed E-state index contributed by atoms with van der Waals surface area (Å²) in [6, 6.07) is -1.13. The van der Waals surface area contributed by atoms with Crippen LogP contribution in [-0.2, 0) is 28.6 Å². The van der Waals surface area contributed by atoms with Crippen LogP contribution in [0.5, 0.6) is 0 Å². The summed E-state index contributed by atoms with van der Waals surface area (Å²) in [6.07, 6.45) is 10.7. The molecular formula is C27H49NO8. The number of unbranched alkanes of at least 4 members (excludes halogenated alkanes) is 12. The summed E-state index contributed by atoms with van der Waals surface area (Å²) >= 11 is 0. The maximum absolute atomic E-state index is 12.5.